The van der Waals surface area contributed by atoms with Crippen molar-refractivity contribution in [3.8, 4) is 0 Å². The predicted molar refractivity (Wildman–Crippen MR) is 99.3 cm³/mol. The Kier molecular flexibility index (Phi) is 11.9. The number of esters is 2. The SMILES string of the molecule is O=C(O)CC(O)(CC(=O)OCCCCCCOC(=O)CC(O)(CC(=O)O)C(=O)O)C(=O)O. The summed E-state index contributed by atoms with van der Waals surface area (Å²) in [6.45, 7) is -0.246. The van der Waals surface area contributed by atoms with E-state index in [2.05, 4.69) is 0 Å². The zero-order chi connectivity index (χ0) is 24.9. The van der Waals surface area contributed by atoms with E-state index < -0.39 is 72.7 Å². The Balaban J connectivity index is 4.09. The second-order valence-corrected chi connectivity index (χ2v) is 7.02. The Morgan fingerprint density at radius 1 is 0.531 bits per heavy atom. The van der Waals surface area contributed by atoms with Gasteiger partial charge in [0.1, 0.15) is 0 Å². The molecule has 0 saturated carbocycles. The van der Waals surface area contributed by atoms with E-state index in [9.17, 15) is 39.0 Å². The van der Waals surface area contributed by atoms with Gasteiger partial charge in [-0.25, -0.2) is 9.59 Å². The number of carboxylic acids is 4. The van der Waals surface area contributed by atoms with Crippen molar-refractivity contribution in [2.45, 2.75) is 62.6 Å². The van der Waals surface area contributed by atoms with Crippen LogP contribution < -0.4 is 0 Å². The maximum Gasteiger partial charge on any atom is 0.336 e. The van der Waals surface area contributed by atoms with Crippen molar-refractivity contribution in [3.05, 3.63) is 0 Å². The highest BCUT2D eigenvalue weighted by molar-refractivity contribution is 5.89. The minimum absolute atomic E-state index is 0.123. The maximum absolute atomic E-state index is 11.6. The van der Waals surface area contributed by atoms with E-state index in [4.69, 9.17) is 29.9 Å². The number of carbonyl (C=O) groups is 6. The summed E-state index contributed by atoms with van der Waals surface area (Å²) in [6.07, 6.45) is -2.76. The molecular formula is C18H26O14. The normalized spacial score (nSPS) is 14.4. The van der Waals surface area contributed by atoms with Crippen LogP contribution in [0.3, 0.4) is 0 Å². The number of carbonyl (C=O) groups excluding carboxylic acids is 2. The molecule has 0 aromatic heterocycles. The molecule has 14 nitrogen and oxygen atoms in total. The van der Waals surface area contributed by atoms with Crippen molar-refractivity contribution in [2.75, 3.05) is 13.2 Å². The molecule has 0 fully saturated rings. The summed E-state index contributed by atoms with van der Waals surface area (Å²) in [5.41, 5.74) is -5.55. The van der Waals surface area contributed by atoms with Gasteiger partial charge in [-0.05, 0) is 25.7 Å². The van der Waals surface area contributed by atoms with Crippen LogP contribution in [0, 0.1) is 0 Å². The molecular weight excluding hydrogens is 440 g/mol. The first-order valence-electron chi connectivity index (χ1n) is 9.38. The summed E-state index contributed by atoms with van der Waals surface area (Å²) in [5, 5.41) is 54.4. The van der Waals surface area contributed by atoms with Gasteiger partial charge in [0, 0.05) is 0 Å². The van der Waals surface area contributed by atoms with Gasteiger partial charge in [0.15, 0.2) is 11.2 Å². The third-order valence-corrected chi connectivity index (χ3v) is 4.12. The number of hydrogen-bond acceptors (Lipinski definition) is 10. The van der Waals surface area contributed by atoms with Crippen molar-refractivity contribution >= 4 is 35.8 Å². The Morgan fingerprint density at radius 2 is 0.844 bits per heavy atom. The molecule has 0 radical (unpaired) electrons. The highest BCUT2D eigenvalue weighted by atomic mass is 16.5. The summed E-state index contributed by atoms with van der Waals surface area (Å²) < 4.78 is 9.50. The second kappa shape index (κ2) is 13.2. The Morgan fingerprint density at radius 3 is 1.09 bits per heavy atom. The van der Waals surface area contributed by atoms with E-state index in [1.54, 1.807) is 0 Å². The third-order valence-electron chi connectivity index (χ3n) is 4.12. The van der Waals surface area contributed by atoms with E-state index in [1.807, 2.05) is 0 Å². The van der Waals surface area contributed by atoms with Gasteiger partial charge >= 0.3 is 35.8 Å². The molecule has 2 atom stereocenters. The van der Waals surface area contributed by atoms with Crippen LogP contribution in [0.25, 0.3) is 0 Å². The van der Waals surface area contributed by atoms with Crippen LogP contribution in [0.5, 0.6) is 0 Å². The van der Waals surface area contributed by atoms with E-state index in [1.165, 1.54) is 0 Å². The molecule has 14 heteroatoms. The number of aliphatic hydroxyl groups is 2. The summed E-state index contributed by atoms with van der Waals surface area (Å²) in [6, 6.07) is 0. The van der Waals surface area contributed by atoms with Gasteiger partial charge in [-0.2, -0.15) is 0 Å². The molecule has 0 aliphatic heterocycles. The van der Waals surface area contributed by atoms with E-state index >= 15 is 0 Å². The van der Waals surface area contributed by atoms with Crippen molar-refractivity contribution in [1.29, 1.82) is 0 Å². The molecule has 6 N–H and O–H groups in total. The molecule has 0 heterocycles. The Labute approximate surface area is 181 Å². The van der Waals surface area contributed by atoms with Crippen LogP contribution in [-0.4, -0.2) is 90.9 Å². The van der Waals surface area contributed by atoms with Crippen LogP contribution in [0.2, 0.25) is 0 Å². The quantitative estimate of drug-likeness (QED) is 0.111. The average molecular weight is 466 g/mol. The predicted octanol–water partition coefficient (Wildman–Crippen LogP) is -1.01. The molecule has 0 aliphatic carbocycles. The maximum atomic E-state index is 11.6. The second-order valence-electron chi connectivity index (χ2n) is 7.02. The number of hydrogen-bond donors (Lipinski definition) is 6. The number of rotatable bonds is 17. The lowest BCUT2D eigenvalue weighted by molar-refractivity contribution is -0.172. The first-order valence-corrected chi connectivity index (χ1v) is 9.38. The fraction of sp³-hybridized carbons (Fsp3) is 0.667. The van der Waals surface area contributed by atoms with Gasteiger partial charge in [-0.3, -0.25) is 19.2 Å². The average Bonchev–Trinajstić information content (AvgIpc) is 2.61. The Hall–Kier alpha value is -3.26. The largest absolute Gasteiger partial charge is 0.481 e. The molecule has 0 aromatic carbocycles. The lowest BCUT2D eigenvalue weighted by atomic mass is 9.96. The monoisotopic (exact) mass is 466 g/mol. The molecule has 0 saturated heterocycles. The first-order chi connectivity index (χ1) is 14.7. The fourth-order valence-electron chi connectivity index (χ4n) is 2.44. The van der Waals surface area contributed by atoms with Gasteiger partial charge in [-0.1, -0.05) is 0 Å². The number of aliphatic carboxylic acids is 4. The fourth-order valence-corrected chi connectivity index (χ4v) is 2.44. The van der Waals surface area contributed by atoms with Gasteiger partial charge in [-0.15, -0.1) is 0 Å². The number of carboxylic acid groups (broad SMARTS) is 4. The Bertz CT molecular complexity index is 656. The van der Waals surface area contributed by atoms with E-state index in [-0.39, 0.29) is 13.2 Å². The minimum Gasteiger partial charge on any atom is -0.481 e. The molecule has 32 heavy (non-hydrogen) atoms. The lowest BCUT2D eigenvalue weighted by Crippen LogP contribution is -2.43. The van der Waals surface area contributed by atoms with Gasteiger partial charge < -0.3 is 40.1 Å². The highest BCUT2D eigenvalue weighted by Crippen LogP contribution is 2.18. The molecule has 0 aromatic rings. The molecule has 2 unspecified atom stereocenters. The van der Waals surface area contributed by atoms with Gasteiger partial charge in [0.2, 0.25) is 0 Å². The molecule has 0 spiro atoms. The summed E-state index contributed by atoms with van der Waals surface area (Å²) in [5.74, 6) is -9.10. The molecule has 182 valence electrons. The van der Waals surface area contributed by atoms with Crippen LogP contribution in [0.4, 0.5) is 0 Å². The highest BCUT2D eigenvalue weighted by Gasteiger charge is 2.42. The van der Waals surface area contributed by atoms with Crippen molar-refractivity contribution < 1.29 is 68.9 Å². The molecule has 0 amide bonds. The van der Waals surface area contributed by atoms with Gasteiger partial charge in [0.25, 0.3) is 0 Å². The minimum atomic E-state index is -2.77. The van der Waals surface area contributed by atoms with Crippen LogP contribution >= 0.6 is 0 Å². The van der Waals surface area contributed by atoms with Crippen LogP contribution in [0.15, 0.2) is 0 Å². The lowest BCUT2D eigenvalue weighted by Gasteiger charge is -2.20. The first kappa shape index (κ1) is 28.7. The van der Waals surface area contributed by atoms with E-state index in [0.717, 1.165) is 0 Å². The van der Waals surface area contributed by atoms with Crippen molar-refractivity contribution in [3.63, 3.8) is 0 Å². The number of ether oxygens (including phenoxy) is 2. The molecule has 0 aliphatic rings. The summed E-state index contributed by atoms with van der Waals surface area (Å²) >= 11 is 0. The third kappa shape index (κ3) is 11.2. The van der Waals surface area contributed by atoms with Crippen LogP contribution in [-0.2, 0) is 38.2 Å². The zero-order valence-electron chi connectivity index (χ0n) is 17.0. The standard InChI is InChI=1S/C18H26O14/c19-11(20)7-17(29,15(25)26)9-13(23)31-5-3-1-2-4-6-32-14(24)10-18(30,16(27)28)8-12(21)22/h29-30H,1-10H2,(H,19,20)(H,21,22)(H,25,26)(H,27,28). The summed E-state index contributed by atoms with van der Waals surface area (Å²) in [4.78, 5) is 66.3. The summed E-state index contributed by atoms with van der Waals surface area (Å²) in [7, 11) is 0. The zero-order valence-corrected chi connectivity index (χ0v) is 17.0. The number of unbranched alkanes of at least 4 members (excludes halogenated alkanes) is 3. The molecule has 0 rings (SSSR count). The van der Waals surface area contributed by atoms with Crippen LogP contribution in [0.1, 0.15) is 51.4 Å². The van der Waals surface area contributed by atoms with Crippen molar-refractivity contribution in [1.82, 2.24) is 0 Å². The smallest absolute Gasteiger partial charge is 0.336 e. The van der Waals surface area contributed by atoms with Gasteiger partial charge in [0.05, 0.1) is 38.9 Å². The van der Waals surface area contributed by atoms with E-state index in [0.29, 0.717) is 25.7 Å². The topological polar surface area (TPSA) is 242 Å². The molecule has 0 bridgehead atoms. The van der Waals surface area contributed by atoms with Crippen molar-refractivity contribution in [2.24, 2.45) is 0 Å².